The number of hydrogen-bond donors (Lipinski definition) is 0. The Hall–Kier alpha value is -1.06. The van der Waals surface area contributed by atoms with Crippen LogP contribution in [-0.4, -0.2) is 47.9 Å². The van der Waals surface area contributed by atoms with Gasteiger partial charge in [-0.3, -0.25) is 4.79 Å². The number of hydrogen-bond acceptors (Lipinski definition) is 2. The molecule has 3 saturated heterocycles. The smallest absolute Gasteiger partial charge is 0.254 e. The van der Waals surface area contributed by atoms with Crippen molar-refractivity contribution < 1.29 is 4.79 Å². The van der Waals surface area contributed by atoms with Gasteiger partial charge in [0.25, 0.3) is 5.91 Å². The zero-order valence-corrected chi connectivity index (χ0v) is 12.4. The third kappa shape index (κ3) is 2.13. The molecule has 1 amide bonds. The minimum atomic E-state index is 0. The van der Waals surface area contributed by atoms with Crippen molar-refractivity contribution in [3.63, 3.8) is 0 Å². The number of fused-ring (bicyclic) bond motifs is 4. The first-order valence-corrected chi connectivity index (χ1v) is 7.44. The van der Waals surface area contributed by atoms with Gasteiger partial charge in [-0.1, -0.05) is 18.2 Å². The summed E-state index contributed by atoms with van der Waals surface area (Å²) in [7, 11) is 0. The molecule has 3 nitrogen and oxygen atoms in total. The van der Waals surface area contributed by atoms with Crippen LogP contribution in [0.5, 0.6) is 0 Å². The fraction of sp³-hybridized carbons (Fsp3) is 0.562. The van der Waals surface area contributed by atoms with Crippen LogP contribution in [0.4, 0.5) is 0 Å². The van der Waals surface area contributed by atoms with E-state index in [0.29, 0.717) is 6.04 Å². The maximum absolute atomic E-state index is 12.7. The second-order valence-electron chi connectivity index (χ2n) is 6.11. The first kappa shape index (κ1) is 13.9. The summed E-state index contributed by atoms with van der Waals surface area (Å²) in [5.74, 6) is 1.000. The van der Waals surface area contributed by atoms with Crippen molar-refractivity contribution in [3.8, 4) is 0 Å². The van der Waals surface area contributed by atoms with Crippen LogP contribution < -0.4 is 0 Å². The van der Waals surface area contributed by atoms with Crippen molar-refractivity contribution >= 4 is 18.3 Å². The van der Waals surface area contributed by atoms with E-state index in [1.54, 1.807) is 0 Å². The zero-order chi connectivity index (χ0) is 12.8. The summed E-state index contributed by atoms with van der Waals surface area (Å²) in [4.78, 5) is 17.4. The van der Waals surface area contributed by atoms with Gasteiger partial charge in [0.1, 0.15) is 0 Å². The number of carbonyl (C=O) groups is 1. The van der Waals surface area contributed by atoms with E-state index in [1.165, 1.54) is 31.5 Å². The molecule has 1 aromatic rings. The van der Waals surface area contributed by atoms with Crippen LogP contribution in [0.3, 0.4) is 0 Å². The number of piperidine rings is 3. The number of benzene rings is 1. The molecule has 3 fully saturated rings. The van der Waals surface area contributed by atoms with Gasteiger partial charge in [-0.25, -0.2) is 0 Å². The first-order chi connectivity index (χ1) is 9.33. The van der Waals surface area contributed by atoms with E-state index >= 15 is 0 Å². The second-order valence-corrected chi connectivity index (χ2v) is 6.11. The third-order valence-corrected chi connectivity index (χ3v) is 5.15. The average Bonchev–Trinajstić information content (AvgIpc) is 2.49. The van der Waals surface area contributed by atoms with E-state index in [4.69, 9.17) is 0 Å². The molecular weight excluding hydrogens is 272 g/mol. The van der Waals surface area contributed by atoms with E-state index < -0.39 is 0 Å². The Kier molecular flexibility index (Phi) is 3.74. The van der Waals surface area contributed by atoms with Gasteiger partial charge in [-0.15, -0.1) is 12.4 Å². The summed E-state index contributed by atoms with van der Waals surface area (Å²) in [5.41, 5.74) is 2.16. The van der Waals surface area contributed by atoms with Crippen LogP contribution in [0.2, 0.25) is 0 Å². The summed E-state index contributed by atoms with van der Waals surface area (Å²) >= 11 is 0. The molecule has 1 atom stereocenters. The topological polar surface area (TPSA) is 23.6 Å². The molecule has 0 N–H and O–H groups in total. The monoisotopic (exact) mass is 292 g/mol. The fourth-order valence-corrected chi connectivity index (χ4v) is 4.05. The number of carbonyl (C=O) groups excluding carboxylic acids is 1. The molecule has 4 heteroatoms. The van der Waals surface area contributed by atoms with Crippen molar-refractivity contribution in [1.82, 2.24) is 9.80 Å². The predicted molar refractivity (Wildman–Crippen MR) is 81.4 cm³/mol. The van der Waals surface area contributed by atoms with Gasteiger partial charge in [0.15, 0.2) is 0 Å². The average molecular weight is 293 g/mol. The maximum Gasteiger partial charge on any atom is 0.254 e. The molecule has 0 aliphatic carbocycles. The minimum Gasteiger partial charge on any atom is -0.334 e. The highest BCUT2D eigenvalue weighted by Crippen LogP contribution is 2.33. The van der Waals surface area contributed by atoms with Gasteiger partial charge in [-0.05, 0) is 49.9 Å². The van der Waals surface area contributed by atoms with Gasteiger partial charge in [0.2, 0.25) is 0 Å². The zero-order valence-electron chi connectivity index (χ0n) is 11.6. The molecule has 1 unspecified atom stereocenters. The van der Waals surface area contributed by atoms with Gasteiger partial charge < -0.3 is 9.80 Å². The Morgan fingerprint density at radius 3 is 2.50 bits per heavy atom. The molecular formula is C16H21ClN2O. The number of rotatable bonds is 1. The molecule has 0 radical (unpaired) electrons. The van der Waals surface area contributed by atoms with E-state index in [-0.39, 0.29) is 18.3 Å². The molecule has 0 spiro atoms. The maximum atomic E-state index is 12.7. The SMILES string of the molecule is Cl.O=C1c2ccccc2CCN1C1CN2CCC1CC2. The van der Waals surface area contributed by atoms with Crippen LogP contribution in [0.1, 0.15) is 28.8 Å². The van der Waals surface area contributed by atoms with Crippen molar-refractivity contribution in [2.24, 2.45) is 5.92 Å². The quantitative estimate of drug-likeness (QED) is 0.792. The Labute approximate surface area is 126 Å². The summed E-state index contributed by atoms with van der Waals surface area (Å²) < 4.78 is 0. The standard InChI is InChI=1S/C16H20N2O.ClH/c19-16-14-4-2-1-3-12(14)7-10-18(16)15-11-17-8-5-13(15)6-9-17;/h1-4,13,15H,5-11H2;1H. The van der Waals surface area contributed by atoms with Crippen LogP contribution in [0.15, 0.2) is 24.3 Å². The van der Waals surface area contributed by atoms with Crippen LogP contribution >= 0.6 is 12.4 Å². The molecule has 108 valence electrons. The molecule has 4 aliphatic heterocycles. The Morgan fingerprint density at radius 2 is 1.80 bits per heavy atom. The lowest BCUT2D eigenvalue weighted by Gasteiger charge is -2.50. The van der Waals surface area contributed by atoms with Crippen LogP contribution in [-0.2, 0) is 6.42 Å². The van der Waals surface area contributed by atoms with Gasteiger partial charge in [0.05, 0.1) is 0 Å². The summed E-state index contributed by atoms with van der Waals surface area (Å²) in [6, 6.07) is 8.57. The molecule has 4 aliphatic rings. The number of halogens is 1. The highest BCUT2D eigenvalue weighted by Gasteiger charge is 2.40. The van der Waals surface area contributed by atoms with Crippen LogP contribution in [0, 0.1) is 5.92 Å². The van der Waals surface area contributed by atoms with Gasteiger partial charge in [0, 0.05) is 24.7 Å². The molecule has 0 saturated carbocycles. The minimum absolute atomic E-state index is 0. The molecule has 20 heavy (non-hydrogen) atoms. The van der Waals surface area contributed by atoms with E-state index in [1.807, 2.05) is 18.2 Å². The summed E-state index contributed by atoms with van der Waals surface area (Å²) in [6.45, 7) is 4.48. The van der Waals surface area contributed by atoms with Crippen LogP contribution in [0.25, 0.3) is 0 Å². The lowest BCUT2D eigenvalue weighted by Crippen LogP contribution is -2.59. The van der Waals surface area contributed by atoms with Crippen molar-refractivity contribution in [3.05, 3.63) is 35.4 Å². The number of amides is 1. The normalized spacial score (nSPS) is 31.7. The molecule has 2 bridgehead atoms. The van der Waals surface area contributed by atoms with Crippen molar-refractivity contribution in [2.75, 3.05) is 26.2 Å². The molecule has 1 aromatic carbocycles. The second kappa shape index (κ2) is 5.38. The molecule has 5 rings (SSSR count). The first-order valence-electron chi connectivity index (χ1n) is 7.44. The van der Waals surface area contributed by atoms with E-state index in [2.05, 4.69) is 15.9 Å². The largest absolute Gasteiger partial charge is 0.334 e. The Balaban J connectivity index is 0.00000121. The fourth-order valence-electron chi connectivity index (χ4n) is 4.05. The molecule has 0 aromatic heterocycles. The van der Waals surface area contributed by atoms with Crippen molar-refractivity contribution in [2.45, 2.75) is 25.3 Å². The highest BCUT2D eigenvalue weighted by atomic mass is 35.5. The number of nitrogens with zero attached hydrogens (tertiary/aromatic N) is 2. The van der Waals surface area contributed by atoms with E-state index in [0.717, 1.165) is 31.0 Å². The molecule has 4 heterocycles. The van der Waals surface area contributed by atoms with Gasteiger partial charge >= 0.3 is 0 Å². The lowest BCUT2D eigenvalue weighted by molar-refractivity contribution is 0.00607. The third-order valence-electron chi connectivity index (χ3n) is 5.15. The predicted octanol–water partition coefficient (Wildman–Crippen LogP) is 2.20. The van der Waals surface area contributed by atoms with E-state index in [9.17, 15) is 4.79 Å². The lowest BCUT2D eigenvalue weighted by atomic mass is 9.82. The summed E-state index contributed by atoms with van der Waals surface area (Å²) in [5, 5.41) is 0. The Morgan fingerprint density at radius 1 is 1.05 bits per heavy atom. The van der Waals surface area contributed by atoms with Gasteiger partial charge in [-0.2, -0.15) is 0 Å². The highest BCUT2D eigenvalue weighted by molar-refractivity contribution is 5.97. The van der Waals surface area contributed by atoms with Crippen molar-refractivity contribution in [1.29, 1.82) is 0 Å². The summed E-state index contributed by atoms with van der Waals surface area (Å²) in [6.07, 6.45) is 3.57. The Bertz CT molecular complexity index is 511.